The van der Waals surface area contributed by atoms with Crippen molar-refractivity contribution in [3.8, 4) is 5.75 Å². The van der Waals surface area contributed by atoms with Gasteiger partial charge in [0.2, 0.25) is 5.89 Å². The first-order valence-electron chi connectivity index (χ1n) is 7.32. The van der Waals surface area contributed by atoms with Crippen LogP contribution in [0.1, 0.15) is 17.3 Å². The Kier molecular flexibility index (Phi) is 4.90. The third kappa shape index (κ3) is 3.80. The average Bonchev–Trinajstić information content (AvgIpc) is 3.05. The molecule has 2 aromatic heterocycles. The molecule has 0 aliphatic carbocycles. The summed E-state index contributed by atoms with van der Waals surface area (Å²) in [4.78, 5) is 16.1. The van der Waals surface area contributed by atoms with Crippen LogP contribution in [-0.4, -0.2) is 27.0 Å². The summed E-state index contributed by atoms with van der Waals surface area (Å²) in [5.41, 5.74) is 0.757. The molecule has 0 aliphatic heterocycles. The first-order chi connectivity index (χ1) is 11.7. The molecule has 0 spiro atoms. The van der Waals surface area contributed by atoms with E-state index in [1.165, 1.54) is 16.9 Å². The summed E-state index contributed by atoms with van der Waals surface area (Å²) < 4.78 is 11.5. The van der Waals surface area contributed by atoms with Crippen molar-refractivity contribution in [1.29, 1.82) is 0 Å². The van der Waals surface area contributed by atoms with Gasteiger partial charge in [0.05, 0.1) is 7.11 Å². The number of hydrogen-bond acceptors (Lipinski definition) is 6. The molecule has 0 radical (unpaired) electrons. The van der Waals surface area contributed by atoms with Crippen molar-refractivity contribution in [2.24, 2.45) is 0 Å². The van der Waals surface area contributed by atoms with Crippen molar-refractivity contribution in [1.82, 2.24) is 19.9 Å². The first kappa shape index (κ1) is 16.2. The number of hydrogen-bond donors (Lipinski definition) is 0. The summed E-state index contributed by atoms with van der Waals surface area (Å²) in [6, 6.07) is 9.25. The normalized spacial score (nSPS) is 10.8. The Balaban J connectivity index is 1.62. The highest BCUT2D eigenvalue weighted by Gasteiger charge is 2.10. The highest BCUT2D eigenvalue weighted by Crippen LogP contribution is 2.13. The molecule has 1 aromatic carbocycles. The second-order valence-corrected chi connectivity index (χ2v) is 5.50. The third-order valence-corrected chi connectivity index (χ3v) is 3.74. The highest BCUT2D eigenvalue weighted by atomic mass is 35.5. The number of methoxy groups -OCH3 is 1. The molecule has 0 unspecified atom stereocenters. The van der Waals surface area contributed by atoms with Crippen molar-refractivity contribution in [3.05, 3.63) is 69.2 Å². The van der Waals surface area contributed by atoms with E-state index in [4.69, 9.17) is 20.9 Å². The zero-order valence-electron chi connectivity index (χ0n) is 13.0. The number of aromatic nitrogens is 4. The van der Waals surface area contributed by atoms with Crippen LogP contribution >= 0.6 is 11.6 Å². The van der Waals surface area contributed by atoms with Crippen LogP contribution in [0.2, 0.25) is 5.02 Å². The van der Waals surface area contributed by atoms with Crippen molar-refractivity contribution in [2.75, 3.05) is 7.11 Å². The quantitative estimate of drug-likeness (QED) is 0.680. The van der Waals surface area contributed by atoms with Gasteiger partial charge in [0.1, 0.15) is 17.3 Å². The number of nitrogens with zero attached hydrogens (tertiary/aromatic N) is 4. The SMILES string of the molecule is COc1ccc(CCc2noc(Cn3nccc(Cl)c3=O)n2)cc1. The van der Waals surface area contributed by atoms with Crippen LogP contribution in [0.3, 0.4) is 0 Å². The van der Waals surface area contributed by atoms with Gasteiger partial charge in [-0.3, -0.25) is 4.79 Å². The molecule has 3 aromatic rings. The third-order valence-electron chi connectivity index (χ3n) is 3.46. The maximum Gasteiger partial charge on any atom is 0.285 e. The van der Waals surface area contributed by atoms with Gasteiger partial charge in [0.25, 0.3) is 5.56 Å². The molecule has 7 nitrogen and oxygen atoms in total. The van der Waals surface area contributed by atoms with E-state index in [1.54, 1.807) is 7.11 Å². The van der Waals surface area contributed by atoms with Gasteiger partial charge in [0, 0.05) is 12.6 Å². The van der Waals surface area contributed by atoms with Crippen LogP contribution < -0.4 is 10.3 Å². The second-order valence-electron chi connectivity index (χ2n) is 5.09. The van der Waals surface area contributed by atoms with Crippen molar-refractivity contribution >= 4 is 11.6 Å². The summed E-state index contributed by atoms with van der Waals surface area (Å²) in [6.45, 7) is 0.0922. The Morgan fingerprint density at radius 1 is 1.21 bits per heavy atom. The van der Waals surface area contributed by atoms with Crippen molar-refractivity contribution in [2.45, 2.75) is 19.4 Å². The van der Waals surface area contributed by atoms with Crippen molar-refractivity contribution < 1.29 is 9.26 Å². The monoisotopic (exact) mass is 346 g/mol. The molecule has 0 saturated heterocycles. The van der Waals surface area contributed by atoms with Gasteiger partial charge in [-0.25, -0.2) is 4.68 Å². The van der Waals surface area contributed by atoms with Crippen LogP contribution in [-0.2, 0) is 19.4 Å². The predicted molar refractivity (Wildman–Crippen MR) is 87.3 cm³/mol. The van der Waals surface area contributed by atoms with E-state index in [0.717, 1.165) is 17.7 Å². The molecule has 0 saturated carbocycles. The van der Waals surface area contributed by atoms with Gasteiger partial charge < -0.3 is 9.26 Å². The van der Waals surface area contributed by atoms with Gasteiger partial charge in [-0.05, 0) is 30.2 Å². The van der Waals surface area contributed by atoms with Gasteiger partial charge in [-0.2, -0.15) is 10.1 Å². The minimum Gasteiger partial charge on any atom is -0.497 e. The number of benzene rings is 1. The zero-order chi connectivity index (χ0) is 16.9. The Morgan fingerprint density at radius 2 is 2.00 bits per heavy atom. The molecule has 0 fully saturated rings. The smallest absolute Gasteiger partial charge is 0.285 e. The van der Waals surface area contributed by atoms with E-state index in [2.05, 4.69) is 15.2 Å². The van der Waals surface area contributed by atoms with Crippen LogP contribution in [0.15, 0.2) is 45.8 Å². The van der Waals surface area contributed by atoms with E-state index >= 15 is 0 Å². The minimum atomic E-state index is -0.392. The molecule has 0 aliphatic rings. The molecule has 3 rings (SSSR count). The van der Waals surface area contributed by atoms with Gasteiger partial charge in [-0.1, -0.05) is 28.9 Å². The fourth-order valence-corrected chi connectivity index (χ4v) is 2.33. The highest BCUT2D eigenvalue weighted by molar-refractivity contribution is 6.30. The average molecular weight is 347 g/mol. The Morgan fingerprint density at radius 3 is 2.75 bits per heavy atom. The van der Waals surface area contributed by atoms with Crippen LogP contribution in [0.25, 0.3) is 0 Å². The van der Waals surface area contributed by atoms with Crippen LogP contribution in [0, 0.1) is 0 Å². The largest absolute Gasteiger partial charge is 0.497 e. The standard InChI is InChI=1S/C16H15ClN4O3/c1-23-12-5-2-11(3-6-12)4-7-14-19-15(24-20-14)10-21-16(22)13(17)8-9-18-21/h2-3,5-6,8-9H,4,7,10H2,1H3. The number of halogens is 1. The molecule has 0 atom stereocenters. The molecule has 124 valence electrons. The van der Waals surface area contributed by atoms with E-state index < -0.39 is 5.56 Å². The molecule has 8 heteroatoms. The fraction of sp³-hybridized carbons (Fsp3) is 0.250. The summed E-state index contributed by atoms with van der Waals surface area (Å²) in [5, 5.41) is 7.96. The van der Waals surface area contributed by atoms with Crippen LogP contribution in [0.4, 0.5) is 0 Å². The summed E-state index contributed by atoms with van der Waals surface area (Å²) in [6.07, 6.45) is 2.86. The Labute approximate surface area is 142 Å². The zero-order valence-corrected chi connectivity index (χ0v) is 13.7. The lowest BCUT2D eigenvalue weighted by Gasteiger charge is -2.01. The maximum atomic E-state index is 11.8. The van der Waals surface area contributed by atoms with Crippen molar-refractivity contribution in [3.63, 3.8) is 0 Å². The maximum absolute atomic E-state index is 11.8. The van der Waals surface area contributed by atoms with Crippen LogP contribution in [0.5, 0.6) is 5.75 Å². The van der Waals surface area contributed by atoms with E-state index in [0.29, 0.717) is 18.1 Å². The Bertz CT molecular complexity index is 874. The van der Waals surface area contributed by atoms with Gasteiger partial charge >= 0.3 is 0 Å². The fourth-order valence-electron chi connectivity index (χ4n) is 2.17. The number of aryl methyl sites for hydroxylation is 2. The summed E-state index contributed by atoms with van der Waals surface area (Å²) in [7, 11) is 1.63. The first-order valence-corrected chi connectivity index (χ1v) is 7.69. The predicted octanol–water partition coefficient (Wildman–Crippen LogP) is 2.12. The van der Waals surface area contributed by atoms with Gasteiger partial charge in [-0.15, -0.1) is 0 Å². The number of rotatable bonds is 6. The lowest BCUT2D eigenvalue weighted by molar-refractivity contribution is 0.358. The summed E-state index contributed by atoms with van der Waals surface area (Å²) >= 11 is 5.78. The van der Waals surface area contributed by atoms with E-state index in [1.807, 2.05) is 24.3 Å². The molecule has 24 heavy (non-hydrogen) atoms. The summed E-state index contributed by atoms with van der Waals surface area (Å²) in [5.74, 6) is 1.72. The van der Waals surface area contributed by atoms with Gasteiger partial charge in [0.15, 0.2) is 5.82 Å². The molecule has 0 amide bonds. The lowest BCUT2D eigenvalue weighted by atomic mass is 10.1. The number of ether oxygens (including phenoxy) is 1. The molecular weight excluding hydrogens is 332 g/mol. The second kappa shape index (κ2) is 7.27. The lowest BCUT2D eigenvalue weighted by Crippen LogP contribution is -2.23. The van der Waals surface area contributed by atoms with E-state index in [-0.39, 0.29) is 11.6 Å². The topological polar surface area (TPSA) is 83.0 Å². The van der Waals surface area contributed by atoms with E-state index in [9.17, 15) is 4.79 Å². The molecule has 2 heterocycles. The molecular formula is C16H15ClN4O3. The molecule has 0 bridgehead atoms. The Hall–Kier alpha value is -2.67. The molecule has 0 N–H and O–H groups in total. The minimum absolute atomic E-state index is 0.0922.